The van der Waals surface area contributed by atoms with E-state index in [1.807, 2.05) is 7.05 Å². The average Bonchev–Trinajstić information content (AvgIpc) is 2.32. The van der Waals surface area contributed by atoms with Gasteiger partial charge in [-0.1, -0.05) is 26.7 Å². The summed E-state index contributed by atoms with van der Waals surface area (Å²) < 4.78 is 0.149. The third-order valence-electron chi connectivity index (χ3n) is 3.58. The Balaban J connectivity index is 0. The SMILES string of the molecule is CCCCC(O)[N+](C)(CCO)C(O)CCCC.[Cl-]. The molecule has 0 heterocycles. The van der Waals surface area contributed by atoms with Gasteiger partial charge in [0, 0.05) is 12.8 Å². The first-order valence-corrected chi connectivity index (χ1v) is 6.84. The molecule has 3 N–H and O–H groups in total. The summed E-state index contributed by atoms with van der Waals surface area (Å²) in [5.41, 5.74) is 0. The van der Waals surface area contributed by atoms with Crippen LogP contribution in [0, 0.1) is 0 Å². The summed E-state index contributed by atoms with van der Waals surface area (Å²) in [4.78, 5) is 0. The van der Waals surface area contributed by atoms with Gasteiger partial charge >= 0.3 is 0 Å². The molecule has 0 aliphatic rings. The first-order valence-electron chi connectivity index (χ1n) is 6.84. The van der Waals surface area contributed by atoms with Gasteiger partial charge in [-0.05, 0) is 12.8 Å². The van der Waals surface area contributed by atoms with Crippen LogP contribution in [-0.4, -0.2) is 52.5 Å². The molecule has 0 rings (SSSR count). The van der Waals surface area contributed by atoms with Crippen LogP contribution < -0.4 is 12.4 Å². The Labute approximate surface area is 118 Å². The summed E-state index contributed by atoms with van der Waals surface area (Å²) in [6, 6.07) is 0. The van der Waals surface area contributed by atoms with E-state index in [4.69, 9.17) is 5.11 Å². The number of halogens is 1. The predicted octanol–water partition coefficient (Wildman–Crippen LogP) is -1.55. The van der Waals surface area contributed by atoms with Crippen molar-refractivity contribution in [1.29, 1.82) is 0 Å². The van der Waals surface area contributed by atoms with Crippen molar-refractivity contribution in [3.63, 3.8) is 0 Å². The molecule has 2 atom stereocenters. The van der Waals surface area contributed by atoms with Crippen molar-refractivity contribution in [2.24, 2.45) is 0 Å². The molecule has 0 aliphatic heterocycles. The van der Waals surface area contributed by atoms with E-state index in [1.165, 1.54) is 0 Å². The molecule has 112 valence electrons. The average molecular weight is 284 g/mol. The molecule has 2 unspecified atom stereocenters. The van der Waals surface area contributed by atoms with Crippen LogP contribution in [0.15, 0.2) is 0 Å². The van der Waals surface area contributed by atoms with Crippen molar-refractivity contribution >= 4 is 0 Å². The zero-order valence-corrected chi connectivity index (χ0v) is 12.7. The summed E-state index contributed by atoms with van der Waals surface area (Å²) in [6.45, 7) is 4.55. The van der Waals surface area contributed by atoms with Gasteiger partial charge in [0.15, 0.2) is 12.5 Å². The standard InChI is InChI=1S/C13H30NO3.ClH/c1-4-6-8-12(16)14(3,10-11-15)13(17)9-7-5-2;/h12-13,15-17H,4-11H2,1-3H3;1H/q+1;/p-1. The lowest BCUT2D eigenvalue weighted by Gasteiger charge is -2.42. The second kappa shape index (κ2) is 11.0. The normalized spacial score (nSPS) is 17.7. The Bertz CT molecular complexity index is 179. The Kier molecular flexibility index (Phi) is 12.5. The highest BCUT2D eigenvalue weighted by Gasteiger charge is 2.36. The van der Waals surface area contributed by atoms with Crippen molar-refractivity contribution in [3.05, 3.63) is 0 Å². The van der Waals surface area contributed by atoms with E-state index < -0.39 is 12.5 Å². The molecule has 0 aliphatic carbocycles. The van der Waals surface area contributed by atoms with Crippen LogP contribution in [-0.2, 0) is 0 Å². The molecule has 0 amide bonds. The Morgan fingerprint density at radius 1 is 0.944 bits per heavy atom. The maximum Gasteiger partial charge on any atom is 0.192 e. The fourth-order valence-electron chi connectivity index (χ4n) is 2.08. The minimum atomic E-state index is -0.589. The highest BCUT2D eigenvalue weighted by atomic mass is 35.5. The molecular weight excluding hydrogens is 254 g/mol. The molecule has 18 heavy (non-hydrogen) atoms. The number of hydrogen-bond donors (Lipinski definition) is 3. The van der Waals surface area contributed by atoms with E-state index in [2.05, 4.69) is 13.8 Å². The number of rotatable bonds is 10. The Morgan fingerprint density at radius 3 is 1.61 bits per heavy atom. The highest BCUT2D eigenvalue weighted by molar-refractivity contribution is 4.52. The number of unbranched alkanes of at least 4 members (excludes halogenated alkanes) is 2. The summed E-state index contributed by atoms with van der Waals surface area (Å²) >= 11 is 0. The van der Waals surface area contributed by atoms with Gasteiger partial charge in [0.1, 0.15) is 6.54 Å². The van der Waals surface area contributed by atoms with E-state index in [-0.39, 0.29) is 23.5 Å². The van der Waals surface area contributed by atoms with E-state index in [1.54, 1.807) is 0 Å². The third-order valence-corrected chi connectivity index (χ3v) is 3.58. The smallest absolute Gasteiger partial charge is 0.192 e. The highest BCUT2D eigenvalue weighted by Crippen LogP contribution is 2.21. The van der Waals surface area contributed by atoms with Gasteiger partial charge in [0.2, 0.25) is 0 Å². The first-order chi connectivity index (χ1) is 8.02. The zero-order chi connectivity index (χ0) is 13.3. The van der Waals surface area contributed by atoms with E-state index in [0.717, 1.165) is 25.7 Å². The van der Waals surface area contributed by atoms with E-state index in [9.17, 15) is 10.2 Å². The van der Waals surface area contributed by atoms with Crippen LogP contribution in [0.5, 0.6) is 0 Å². The van der Waals surface area contributed by atoms with Gasteiger partial charge in [0.05, 0.1) is 13.7 Å². The lowest BCUT2D eigenvalue weighted by Crippen LogP contribution is -3.00. The van der Waals surface area contributed by atoms with Crippen LogP contribution in [0.1, 0.15) is 52.4 Å². The molecule has 0 aromatic heterocycles. The number of aliphatic hydroxyl groups excluding tert-OH is 3. The van der Waals surface area contributed by atoms with Crippen LogP contribution in [0.4, 0.5) is 0 Å². The van der Waals surface area contributed by atoms with Crippen molar-refractivity contribution in [3.8, 4) is 0 Å². The first kappa shape index (κ1) is 20.4. The zero-order valence-electron chi connectivity index (χ0n) is 12.0. The van der Waals surface area contributed by atoms with Crippen LogP contribution in [0.3, 0.4) is 0 Å². The number of aliphatic hydroxyl groups is 3. The molecule has 4 nitrogen and oxygen atoms in total. The third kappa shape index (κ3) is 6.34. The minimum absolute atomic E-state index is 0. The van der Waals surface area contributed by atoms with Gasteiger partial charge in [-0.2, -0.15) is 0 Å². The Morgan fingerprint density at radius 2 is 1.33 bits per heavy atom. The molecule has 0 aromatic rings. The lowest BCUT2D eigenvalue weighted by atomic mass is 10.1. The van der Waals surface area contributed by atoms with E-state index in [0.29, 0.717) is 19.4 Å². The van der Waals surface area contributed by atoms with Crippen molar-refractivity contribution < 1.29 is 32.2 Å². The van der Waals surface area contributed by atoms with Crippen molar-refractivity contribution in [2.45, 2.75) is 64.8 Å². The second-order valence-corrected chi connectivity index (χ2v) is 5.04. The number of hydrogen-bond acceptors (Lipinski definition) is 3. The molecule has 0 radical (unpaired) electrons. The van der Waals surface area contributed by atoms with Gasteiger partial charge in [-0.25, -0.2) is 0 Å². The predicted molar refractivity (Wildman–Crippen MR) is 69.2 cm³/mol. The van der Waals surface area contributed by atoms with Gasteiger partial charge in [-0.15, -0.1) is 0 Å². The molecule has 0 bridgehead atoms. The van der Waals surface area contributed by atoms with Crippen LogP contribution in [0.25, 0.3) is 0 Å². The summed E-state index contributed by atoms with van der Waals surface area (Å²) in [7, 11) is 1.83. The molecule has 0 fully saturated rings. The quantitative estimate of drug-likeness (QED) is 0.336. The Hall–Kier alpha value is 0.130. The molecular formula is C13H30ClNO3. The maximum absolute atomic E-state index is 10.2. The number of nitrogens with zero attached hydrogens (tertiary/aromatic N) is 1. The number of quaternary nitrogens is 1. The molecule has 0 spiro atoms. The fraction of sp³-hybridized carbons (Fsp3) is 1.00. The summed E-state index contributed by atoms with van der Waals surface area (Å²) in [5.74, 6) is 0. The molecule has 0 saturated heterocycles. The molecule has 0 aromatic carbocycles. The van der Waals surface area contributed by atoms with Crippen molar-refractivity contribution in [1.82, 2.24) is 0 Å². The lowest BCUT2D eigenvalue weighted by molar-refractivity contribution is -0.995. The summed E-state index contributed by atoms with van der Waals surface area (Å²) in [5, 5.41) is 29.5. The van der Waals surface area contributed by atoms with E-state index >= 15 is 0 Å². The van der Waals surface area contributed by atoms with Crippen LogP contribution in [0.2, 0.25) is 0 Å². The molecule has 0 saturated carbocycles. The fourth-order valence-corrected chi connectivity index (χ4v) is 2.08. The second-order valence-electron chi connectivity index (χ2n) is 5.04. The topological polar surface area (TPSA) is 60.7 Å². The van der Waals surface area contributed by atoms with Gasteiger partial charge in [0.25, 0.3) is 0 Å². The van der Waals surface area contributed by atoms with Crippen molar-refractivity contribution in [2.75, 3.05) is 20.2 Å². The van der Waals surface area contributed by atoms with Gasteiger partial charge in [-0.3, -0.25) is 4.48 Å². The maximum atomic E-state index is 10.2. The monoisotopic (exact) mass is 283 g/mol. The van der Waals surface area contributed by atoms with Crippen LogP contribution >= 0.6 is 0 Å². The van der Waals surface area contributed by atoms with Gasteiger partial charge < -0.3 is 27.7 Å². The largest absolute Gasteiger partial charge is 1.00 e. The minimum Gasteiger partial charge on any atom is -1.00 e. The number of likely N-dealkylation sites (N-methyl/N-ethyl adjacent to an activating group) is 1. The molecule has 5 heteroatoms. The summed E-state index contributed by atoms with van der Waals surface area (Å²) in [6.07, 6.45) is 4.12.